The molecule has 0 unspecified atom stereocenters. The molecule has 9 heteroatoms. The van der Waals surface area contributed by atoms with E-state index in [1.165, 1.54) is 6.20 Å². The van der Waals surface area contributed by atoms with Crippen molar-refractivity contribution in [2.24, 2.45) is 0 Å². The Balaban J connectivity index is 1.87. The number of rotatable bonds is 3. The van der Waals surface area contributed by atoms with E-state index in [0.717, 1.165) is 5.56 Å². The average Bonchev–Trinajstić information content (AvgIpc) is 2.72. The number of aromatic nitrogens is 2. The van der Waals surface area contributed by atoms with Gasteiger partial charge in [0.05, 0.1) is 18.5 Å². The highest BCUT2D eigenvalue weighted by Crippen LogP contribution is 2.27. The lowest BCUT2D eigenvalue weighted by atomic mass is 10.1. The minimum atomic E-state index is -0.537. The number of nitrogens with zero attached hydrogens (tertiary/aromatic N) is 3. The number of aliphatic hydroxyl groups excluding tert-OH is 1. The van der Waals surface area contributed by atoms with E-state index in [-0.39, 0.29) is 24.0 Å². The van der Waals surface area contributed by atoms with Gasteiger partial charge in [-0.1, -0.05) is 18.2 Å². The molecule has 0 spiro atoms. The number of carbonyl (C=O) groups excluding carboxylic acids is 1. The maximum absolute atomic E-state index is 12.5. The molecule has 2 heterocycles. The first-order chi connectivity index (χ1) is 14.2. The van der Waals surface area contributed by atoms with Gasteiger partial charge in [0.1, 0.15) is 18.4 Å². The Morgan fingerprint density at radius 2 is 2.14 bits per heavy atom. The normalized spacial score (nSPS) is 15.1. The molecule has 3 N–H and O–H groups in total. The number of hydrogen-bond acceptors (Lipinski definition) is 7. The third-order valence-electron chi connectivity index (χ3n) is 4.03. The fourth-order valence-corrected chi connectivity index (χ4v) is 2.67. The molecule has 2 bridgehead atoms. The molecule has 0 aliphatic carbocycles. The van der Waals surface area contributed by atoms with Gasteiger partial charge in [-0.25, -0.2) is 9.78 Å². The number of nitrogens with one attached hydrogen (secondary N) is 2. The maximum Gasteiger partial charge on any atom is 0.325 e. The Morgan fingerprint density at radius 1 is 1.24 bits per heavy atom. The van der Waals surface area contributed by atoms with Crippen molar-refractivity contribution in [1.82, 2.24) is 9.97 Å². The number of ether oxygens (including phenoxy) is 2. The van der Waals surface area contributed by atoms with Crippen LogP contribution in [0.1, 0.15) is 24.1 Å². The molecule has 2 amide bonds. The van der Waals surface area contributed by atoms with E-state index in [2.05, 4.69) is 20.6 Å². The predicted molar refractivity (Wildman–Crippen MR) is 106 cm³/mol. The fourth-order valence-electron chi connectivity index (χ4n) is 2.67. The SMILES string of the molecule is N#Cc1ncc2nc1OCC/C=C\COc1ccc(CCCO)cc1NC(=O)N2. The lowest BCUT2D eigenvalue weighted by Crippen LogP contribution is -2.21. The zero-order chi connectivity index (χ0) is 20.5. The van der Waals surface area contributed by atoms with Gasteiger partial charge in [0, 0.05) is 6.61 Å². The van der Waals surface area contributed by atoms with E-state index in [1.54, 1.807) is 6.07 Å². The summed E-state index contributed by atoms with van der Waals surface area (Å²) >= 11 is 0. The Kier molecular flexibility index (Phi) is 6.97. The van der Waals surface area contributed by atoms with Gasteiger partial charge < -0.3 is 19.9 Å². The summed E-state index contributed by atoms with van der Waals surface area (Å²) in [5, 5.41) is 23.5. The van der Waals surface area contributed by atoms with Crippen molar-refractivity contribution >= 4 is 17.5 Å². The molecule has 0 saturated carbocycles. The van der Waals surface area contributed by atoms with Crippen LogP contribution in [0.25, 0.3) is 0 Å². The molecular formula is C20H21N5O4. The molecule has 3 rings (SSSR count). The Hall–Kier alpha value is -3.64. The number of carbonyl (C=O) groups is 1. The van der Waals surface area contributed by atoms with Gasteiger partial charge in [0.2, 0.25) is 5.69 Å². The molecule has 2 aromatic rings. The molecule has 9 nitrogen and oxygen atoms in total. The first kappa shape index (κ1) is 20.1. The van der Waals surface area contributed by atoms with Crippen LogP contribution in [0, 0.1) is 11.3 Å². The summed E-state index contributed by atoms with van der Waals surface area (Å²) in [6, 6.07) is 6.88. The fraction of sp³-hybridized carbons (Fsp3) is 0.300. The number of hydrogen-bond donors (Lipinski definition) is 3. The lowest BCUT2D eigenvalue weighted by Gasteiger charge is -2.14. The molecule has 1 aliphatic heterocycles. The maximum atomic E-state index is 12.5. The average molecular weight is 395 g/mol. The summed E-state index contributed by atoms with van der Waals surface area (Å²) in [5.41, 5.74) is 1.51. The van der Waals surface area contributed by atoms with Gasteiger partial charge in [0.25, 0.3) is 5.88 Å². The molecule has 0 saturated heterocycles. The number of fused-ring (bicyclic) bond motifs is 3. The second-order valence-corrected chi connectivity index (χ2v) is 6.18. The van der Waals surface area contributed by atoms with Crippen molar-refractivity contribution in [2.45, 2.75) is 19.3 Å². The van der Waals surface area contributed by atoms with Crippen LogP contribution >= 0.6 is 0 Å². The number of benzene rings is 1. The van der Waals surface area contributed by atoms with E-state index >= 15 is 0 Å². The van der Waals surface area contributed by atoms with Crippen molar-refractivity contribution in [3.63, 3.8) is 0 Å². The van der Waals surface area contributed by atoms with Crippen LogP contribution < -0.4 is 20.1 Å². The Labute approximate surface area is 168 Å². The van der Waals surface area contributed by atoms with Gasteiger partial charge in [-0.3, -0.25) is 5.32 Å². The zero-order valence-corrected chi connectivity index (χ0v) is 15.7. The highest BCUT2D eigenvalue weighted by Gasteiger charge is 2.13. The van der Waals surface area contributed by atoms with Crippen molar-refractivity contribution in [3.05, 3.63) is 47.8 Å². The third-order valence-corrected chi connectivity index (χ3v) is 4.03. The zero-order valence-electron chi connectivity index (χ0n) is 15.7. The summed E-state index contributed by atoms with van der Waals surface area (Å²) in [4.78, 5) is 20.6. The summed E-state index contributed by atoms with van der Waals surface area (Å²) in [5.74, 6) is 0.743. The molecule has 0 atom stereocenters. The molecule has 1 aliphatic rings. The van der Waals surface area contributed by atoms with Crippen LogP contribution in [0.3, 0.4) is 0 Å². The molecule has 1 aromatic carbocycles. The molecule has 0 radical (unpaired) electrons. The minimum absolute atomic E-state index is 0.0476. The summed E-state index contributed by atoms with van der Waals surface area (Å²) in [6.07, 6.45) is 6.93. The number of anilines is 2. The second kappa shape index (κ2) is 10.1. The van der Waals surface area contributed by atoms with Gasteiger partial charge >= 0.3 is 6.03 Å². The highest BCUT2D eigenvalue weighted by atomic mass is 16.5. The van der Waals surface area contributed by atoms with Crippen molar-refractivity contribution in [3.8, 4) is 17.7 Å². The monoisotopic (exact) mass is 395 g/mol. The molecular weight excluding hydrogens is 374 g/mol. The first-order valence-corrected chi connectivity index (χ1v) is 9.19. The van der Waals surface area contributed by atoms with Crippen LogP contribution in [-0.4, -0.2) is 40.9 Å². The molecule has 29 heavy (non-hydrogen) atoms. The van der Waals surface area contributed by atoms with Gasteiger partial charge in [-0.2, -0.15) is 10.2 Å². The smallest absolute Gasteiger partial charge is 0.325 e. The van der Waals surface area contributed by atoms with Gasteiger partial charge in [0.15, 0.2) is 5.82 Å². The summed E-state index contributed by atoms with van der Waals surface area (Å²) < 4.78 is 11.3. The van der Waals surface area contributed by atoms with E-state index in [4.69, 9.17) is 19.8 Å². The lowest BCUT2D eigenvalue weighted by molar-refractivity contribution is 0.261. The predicted octanol–water partition coefficient (Wildman–Crippen LogP) is 2.63. The molecule has 1 aromatic heterocycles. The van der Waals surface area contributed by atoms with Gasteiger partial charge in [-0.05, 0) is 37.0 Å². The standard InChI is InChI=1S/C20H21N5O4/c21-12-16-19-24-18(13-22-16)25-20(27)23-15-11-14(5-4-8-26)6-7-17(15)28-9-2-1-3-10-29-19/h1-2,6-7,11,13,26H,3-5,8-10H2,(H2,23,24,25,27)/b2-1-. The highest BCUT2D eigenvalue weighted by molar-refractivity contribution is 6.00. The third kappa shape index (κ3) is 5.67. The Morgan fingerprint density at radius 3 is 2.97 bits per heavy atom. The van der Waals surface area contributed by atoms with Crippen molar-refractivity contribution in [2.75, 3.05) is 30.5 Å². The minimum Gasteiger partial charge on any atom is -0.487 e. The molecule has 0 fully saturated rings. The van der Waals surface area contributed by atoms with Crippen LogP contribution in [0.5, 0.6) is 11.6 Å². The van der Waals surface area contributed by atoms with Crippen LogP contribution in [0.2, 0.25) is 0 Å². The van der Waals surface area contributed by atoms with E-state index in [0.29, 0.717) is 43.9 Å². The number of aliphatic hydroxyl groups is 1. The van der Waals surface area contributed by atoms with E-state index in [9.17, 15) is 4.79 Å². The second-order valence-electron chi connectivity index (χ2n) is 6.18. The Bertz CT molecular complexity index is 939. The van der Waals surface area contributed by atoms with Crippen molar-refractivity contribution in [1.29, 1.82) is 5.26 Å². The van der Waals surface area contributed by atoms with Crippen LogP contribution in [-0.2, 0) is 6.42 Å². The largest absolute Gasteiger partial charge is 0.487 e. The van der Waals surface area contributed by atoms with E-state index < -0.39 is 6.03 Å². The number of amides is 2. The quantitative estimate of drug-likeness (QED) is 0.681. The number of nitriles is 1. The topological polar surface area (TPSA) is 129 Å². The summed E-state index contributed by atoms with van der Waals surface area (Å²) in [6.45, 7) is 0.720. The van der Waals surface area contributed by atoms with E-state index in [1.807, 2.05) is 30.4 Å². The van der Waals surface area contributed by atoms with Crippen LogP contribution in [0.4, 0.5) is 16.3 Å². The summed E-state index contributed by atoms with van der Waals surface area (Å²) in [7, 11) is 0. The first-order valence-electron chi connectivity index (χ1n) is 9.19. The molecule has 150 valence electrons. The van der Waals surface area contributed by atoms with Gasteiger partial charge in [-0.15, -0.1) is 0 Å². The van der Waals surface area contributed by atoms with Crippen LogP contribution in [0.15, 0.2) is 36.5 Å². The number of urea groups is 1. The van der Waals surface area contributed by atoms with Crippen molar-refractivity contribution < 1.29 is 19.4 Å². The number of aryl methyl sites for hydroxylation is 1.